The van der Waals surface area contributed by atoms with Crippen molar-refractivity contribution in [2.24, 2.45) is 0 Å². The van der Waals surface area contributed by atoms with Gasteiger partial charge in [0.05, 0.1) is 0 Å². The molecule has 1 aromatic rings. The van der Waals surface area contributed by atoms with Crippen molar-refractivity contribution in [1.82, 2.24) is 9.97 Å². The highest BCUT2D eigenvalue weighted by Crippen LogP contribution is 2.38. The number of nitrogen functional groups attached to an aromatic ring is 1. The lowest BCUT2D eigenvalue weighted by Gasteiger charge is -2.09. The minimum Gasteiger partial charge on any atom is -0.384 e. The summed E-state index contributed by atoms with van der Waals surface area (Å²) in [5.41, 5.74) is 6.87. The van der Waals surface area contributed by atoms with Gasteiger partial charge < -0.3 is 5.73 Å². The van der Waals surface area contributed by atoms with Gasteiger partial charge in [-0.25, -0.2) is 9.97 Å². The van der Waals surface area contributed by atoms with Gasteiger partial charge in [0, 0.05) is 17.7 Å². The van der Waals surface area contributed by atoms with Crippen molar-refractivity contribution in [1.29, 1.82) is 0 Å². The second-order valence-corrected chi connectivity index (χ2v) is 4.16. The van der Waals surface area contributed by atoms with Crippen LogP contribution in [0.5, 0.6) is 0 Å². The molecule has 2 rings (SSSR count). The van der Waals surface area contributed by atoms with E-state index in [4.69, 9.17) is 5.73 Å². The molecule has 0 radical (unpaired) electrons. The van der Waals surface area contributed by atoms with Crippen molar-refractivity contribution in [3.8, 4) is 0 Å². The summed E-state index contributed by atoms with van der Waals surface area (Å²) >= 11 is 0. The van der Waals surface area contributed by atoms with E-state index < -0.39 is 0 Å². The van der Waals surface area contributed by atoms with E-state index in [9.17, 15) is 0 Å². The average molecular weight is 191 g/mol. The smallest absolute Gasteiger partial charge is 0.134 e. The Bertz CT molecular complexity index is 331. The largest absolute Gasteiger partial charge is 0.384 e. The Kier molecular flexibility index (Phi) is 2.40. The molecule has 76 valence electrons. The van der Waals surface area contributed by atoms with Crippen LogP contribution in [0.1, 0.15) is 56.5 Å². The minimum absolute atomic E-state index is 0.484. The number of nitrogens with two attached hydrogens (primary N) is 1. The molecule has 0 aliphatic heterocycles. The van der Waals surface area contributed by atoms with Gasteiger partial charge in [-0.05, 0) is 25.2 Å². The molecule has 1 aromatic heterocycles. The third-order valence-corrected chi connectivity index (χ3v) is 2.84. The van der Waals surface area contributed by atoms with E-state index in [1.165, 1.54) is 12.8 Å². The quantitative estimate of drug-likeness (QED) is 0.798. The number of nitrogens with zero attached hydrogens (tertiary/aromatic N) is 2. The SMILES string of the molecule is CC[C@H](C)c1cc(N)nc(C2CC2)n1. The topological polar surface area (TPSA) is 51.8 Å². The van der Waals surface area contributed by atoms with Crippen molar-refractivity contribution in [3.05, 3.63) is 17.6 Å². The van der Waals surface area contributed by atoms with Crippen LogP contribution >= 0.6 is 0 Å². The van der Waals surface area contributed by atoms with Crippen LogP contribution in [-0.4, -0.2) is 9.97 Å². The van der Waals surface area contributed by atoms with Crippen molar-refractivity contribution in [3.63, 3.8) is 0 Å². The van der Waals surface area contributed by atoms with Gasteiger partial charge in [-0.1, -0.05) is 13.8 Å². The van der Waals surface area contributed by atoms with Crippen molar-refractivity contribution in [2.45, 2.75) is 44.9 Å². The summed E-state index contributed by atoms with van der Waals surface area (Å²) in [6.45, 7) is 4.35. The van der Waals surface area contributed by atoms with Crippen LogP contribution in [0.25, 0.3) is 0 Å². The standard InChI is InChI=1S/C11H17N3/c1-3-7(2)9-6-10(12)14-11(13-9)8-4-5-8/h6-8H,3-5H2,1-2H3,(H2,12,13,14)/t7-/m0/s1. The zero-order valence-corrected chi connectivity index (χ0v) is 8.83. The predicted molar refractivity (Wildman–Crippen MR) is 57.1 cm³/mol. The normalized spacial score (nSPS) is 18.1. The minimum atomic E-state index is 0.484. The summed E-state index contributed by atoms with van der Waals surface area (Å²) in [6, 6.07) is 1.90. The van der Waals surface area contributed by atoms with Gasteiger partial charge in [-0.2, -0.15) is 0 Å². The van der Waals surface area contributed by atoms with Crippen LogP contribution in [0.4, 0.5) is 5.82 Å². The maximum absolute atomic E-state index is 5.77. The van der Waals surface area contributed by atoms with E-state index in [1.54, 1.807) is 0 Å². The molecule has 3 heteroatoms. The van der Waals surface area contributed by atoms with Gasteiger partial charge >= 0.3 is 0 Å². The first-order valence-electron chi connectivity index (χ1n) is 5.35. The third-order valence-electron chi connectivity index (χ3n) is 2.84. The molecular formula is C11H17N3. The average Bonchev–Trinajstić information content (AvgIpc) is 2.98. The molecule has 0 aromatic carbocycles. The van der Waals surface area contributed by atoms with Crippen LogP contribution in [0.3, 0.4) is 0 Å². The third kappa shape index (κ3) is 1.86. The Balaban J connectivity index is 2.30. The summed E-state index contributed by atoms with van der Waals surface area (Å²) in [5, 5.41) is 0. The van der Waals surface area contributed by atoms with E-state index >= 15 is 0 Å². The van der Waals surface area contributed by atoms with Crippen LogP contribution < -0.4 is 5.73 Å². The zero-order chi connectivity index (χ0) is 10.1. The second kappa shape index (κ2) is 3.56. The zero-order valence-electron chi connectivity index (χ0n) is 8.83. The lowest BCUT2D eigenvalue weighted by atomic mass is 10.0. The molecule has 0 amide bonds. The second-order valence-electron chi connectivity index (χ2n) is 4.16. The van der Waals surface area contributed by atoms with E-state index in [1.807, 2.05) is 6.07 Å². The molecule has 0 spiro atoms. The lowest BCUT2D eigenvalue weighted by Crippen LogP contribution is -2.04. The van der Waals surface area contributed by atoms with Crippen molar-refractivity contribution >= 4 is 5.82 Å². The summed E-state index contributed by atoms with van der Waals surface area (Å²) in [5.74, 6) is 2.65. The first-order valence-corrected chi connectivity index (χ1v) is 5.35. The molecule has 1 aliphatic rings. The highest BCUT2D eigenvalue weighted by molar-refractivity contribution is 5.32. The van der Waals surface area contributed by atoms with Crippen LogP contribution in [-0.2, 0) is 0 Å². The van der Waals surface area contributed by atoms with Gasteiger partial charge in [0.2, 0.25) is 0 Å². The Hall–Kier alpha value is -1.12. The number of hydrogen-bond donors (Lipinski definition) is 1. The molecule has 1 atom stereocenters. The highest BCUT2D eigenvalue weighted by Gasteiger charge is 2.27. The first kappa shape index (κ1) is 9.44. The molecule has 1 saturated carbocycles. The number of hydrogen-bond acceptors (Lipinski definition) is 3. The van der Waals surface area contributed by atoms with Crippen LogP contribution in [0.2, 0.25) is 0 Å². The number of aromatic nitrogens is 2. The lowest BCUT2D eigenvalue weighted by molar-refractivity contribution is 0.694. The summed E-state index contributed by atoms with van der Waals surface area (Å²) < 4.78 is 0. The van der Waals surface area contributed by atoms with Crippen LogP contribution in [0.15, 0.2) is 6.07 Å². The Morgan fingerprint density at radius 2 is 2.21 bits per heavy atom. The molecular weight excluding hydrogens is 174 g/mol. The maximum atomic E-state index is 5.77. The summed E-state index contributed by atoms with van der Waals surface area (Å²) in [4.78, 5) is 8.85. The fourth-order valence-corrected chi connectivity index (χ4v) is 1.49. The Morgan fingerprint density at radius 3 is 2.79 bits per heavy atom. The van der Waals surface area contributed by atoms with Crippen molar-refractivity contribution < 1.29 is 0 Å². The van der Waals surface area contributed by atoms with Gasteiger partial charge in [-0.3, -0.25) is 0 Å². The molecule has 2 N–H and O–H groups in total. The van der Waals surface area contributed by atoms with E-state index in [0.717, 1.165) is 17.9 Å². The predicted octanol–water partition coefficient (Wildman–Crippen LogP) is 2.45. The molecule has 3 nitrogen and oxygen atoms in total. The first-order chi connectivity index (χ1) is 6.70. The number of anilines is 1. The fourth-order valence-electron chi connectivity index (χ4n) is 1.49. The molecule has 0 unspecified atom stereocenters. The number of rotatable bonds is 3. The molecule has 0 saturated heterocycles. The summed E-state index contributed by atoms with van der Waals surface area (Å²) in [7, 11) is 0. The van der Waals surface area contributed by atoms with Crippen LogP contribution in [0, 0.1) is 0 Å². The van der Waals surface area contributed by atoms with Gasteiger partial charge in [-0.15, -0.1) is 0 Å². The monoisotopic (exact) mass is 191 g/mol. The highest BCUT2D eigenvalue weighted by atomic mass is 15.0. The molecule has 1 heterocycles. The molecule has 1 fully saturated rings. The fraction of sp³-hybridized carbons (Fsp3) is 0.636. The van der Waals surface area contributed by atoms with Gasteiger partial charge in [0.15, 0.2) is 0 Å². The van der Waals surface area contributed by atoms with Gasteiger partial charge in [0.1, 0.15) is 11.6 Å². The molecule has 1 aliphatic carbocycles. The van der Waals surface area contributed by atoms with E-state index in [2.05, 4.69) is 23.8 Å². The Morgan fingerprint density at radius 1 is 1.50 bits per heavy atom. The maximum Gasteiger partial charge on any atom is 0.134 e. The van der Waals surface area contributed by atoms with E-state index in [-0.39, 0.29) is 0 Å². The Labute approximate surface area is 84.8 Å². The molecule has 14 heavy (non-hydrogen) atoms. The summed E-state index contributed by atoms with van der Waals surface area (Å²) in [6.07, 6.45) is 3.55. The van der Waals surface area contributed by atoms with E-state index in [0.29, 0.717) is 17.7 Å². The van der Waals surface area contributed by atoms with Crippen molar-refractivity contribution in [2.75, 3.05) is 5.73 Å². The van der Waals surface area contributed by atoms with Gasteiger partial charge in [0.25, 0.3) is 0 Å². The molecule has 0 bridgehead atoms.